The summed E-state index contributed by atoms with van der Waals surface area (Å²) in [6, 6.07) is 0. The molecular weight excluding hydrogens is 544 g/mol. The first kappa shape index (κ1) is 48.8. The van der Waals surface area contributed by atoms with Crippen LogP contribution in [0, 0.1) is 0 Å². The average Bonchev–Trinajstić information content (AvgIpc) is 2.94. The second-order valence-corrected chi connectivity index (χ2v) is 10.5. The van der Waals surface area contributed by atoms with Crippen LogP contribution >= 0.6 is 0 Å². The van der Waals surface area contributed by atoms with Crippen LogP contribution in [0.5, 0.6) is 0 Å². The Morgan fingerprint density at radius 3 is 1.09 bits per heavy atom. The molecule has 0 aromatic heterocycles. The molecule has 264 valence electrons. The third-order valence-electron chi connectivity index (χ3n) is 6.51. The zero-order valence-electron chi connectivity index (χ0n) is 28.1. The summed E-state index contributed by atoms with van der Waals surface area (Å²) in [4.78, 5) is 20.7. The van der Waals surface area contributed by atoms with Crippen LogP contribution in [0.25, 0.3) is 0 Å². The van der Waals surface area contributed by atoms with Crippen LogP contribution in [-0.2, 0) is 9.59 Å². The van der Waals surface area contributed by atoms with Crippen LogP contribution in [-0.4, -0.2) is 22.2 Å². The first-order valence-electron chi connectivity index (χ1n) is 17.3. The summed E-state index contributed by atoms with van der Waals surface area (Å²) in [6.45, 7) is 4.40. The van der Waals surface area contributed by atoms with E-state index in [0.29, 0.717) is 6.42 Å². The van der Waals surface area contributed by atoms with E-state index in [0.717, 1.165) is 77.0 Å². The van der Waals surface area contributed by atoms with Gasteiger partial charge in [0.25, 0.3) is 0 Å². The van der Waals surface area contributed by atoms with Crippen molar-refractivity contribution in [3.63, 3.8) is 0 Å². The fraction of sp³-hybridized carbons (Fsp3) is 0.750. The number of hydrogen-bond acceptors (Lipinski definition) is 2. The molecule has 0 spiro atoms. The van der Waals surface area contributed by atoms with Gasteiger partial charge in [0.05, 0.1) is 0 Å². The predicted octanol–water partition coefficient (Wildman–Crippen LogP) is 14.3. The van der Waals surface area contributed by atoms with E-state index in [1.165, 1.54) is 57.8 Å². The first-order valence-corrected chi connectivity index (χ1v) is 16.3. The molecule has 4 heteroatoms. The second-order valence-electron chi connectivity index (χ2n) is 10.5. The fourth-order valence-electron chi connectivity index (χ4n) is 4.03. The molecule has 0 saturated carbocycles. The Kier molecular flexibility index (Phi) is 56.0. The van der Waals surface area contributed by atoms with Crippen molar-refractivity contribution in [2.45, 2.75) is 198 Å². The Bertz CT molecular complexity index is 727. The highest BCUT2D eigenvalue weighted by atomic mass is 16.4. The summed E-state index contributed by atoms with van der Waals surface area (Å²) in [7, 11) is 0. The summed E-state index contributed by atoms with van der Waals surface area (Å²) in [6.07, 6.45) is 38.7. The zero-order valence-corrected chi connectivity index (χ0v) is 26.1. The van der Waals surface area contributed by atoms with Crippen LogP contribution in [0.1, 0.15) is 200 Å². The Balaban J connectivity index is -0.000000161. The molecule has 0 radical (unpaired) electrons. The number of carboxylic acids is 2. The molecule has 0 rings (SSSR count). The van der Waals surface area contributed by atoms with Gasteiger partial charge in [0.1, 0.15) is 0 Å². The van der Waals surface area contributed by atoms with Gasteiger partial charge in [-0.15, -0.1) is 0 Å². The molecule has 0 aromatic carbocycles. The molecule has 0 aliphatic carbocycles. The highest BCUT2D eigenvalue weighted by Crippen LogP contribution is 2.09. The molecule has 0 saturated heterocycles. The standard InChI is InChI=1S/2C18H32O2.4CH4/c2*1-2-3-4-5-6-7-8-9-10-11-12-13-14-15-16-17-18(19)20;;;;/h2*6-7,9-10H,2-5,8,11-17H2,1H3,(H,19,20);4*1H4/b2*7-6-,10-9-;;;;/i8D2;;;;;. The first-order chi connectivity index (χ1) is 20.2. The summed E-state index contributed by atoms with van der Waals surface area (Å²) in [5.41, 5.74) is 0. The van der Waals surface area contributed by atoms with E-state index in [9.17, 15) is 9.59 Å². The van der Waals surface area contributed by atoms with Crippen molar-refractivity contribution in [3.05, 3.63) is 48.6 Å². The van der Waals surface area contributed by atoms with E-state index in [4.69, 9.17) is 13.0 Å². The minimum atomic E-state index is -1.34. The maximum Gasteiger partial charge on any atom is 0.303 e. The van der Waals surface area contributed by atoms with Crippen molar-refractivity contribution in [2.75, 3.05) is 0 Å². The second kappa shape index (κ2) is 50.5. The molecule has 4 nitrogen and oxygen atoms in total. The van der Waals surface area contributed by atoms with E-state index in [1.807, 2.05) is 12.2 Å². The largest absolute Gasteiger partial charge is 0.481 e. The van der Waals surface area contributed by atoms with E-state index in [1.54, 1.807) is 12.2 Å². The summed E-state index contributed by atoms with van der Waals surface area (Å²) in [5.74, 6) is -1.39. The summed E-state index contributed by atoms with van der Waals surface area (Å²) < 4.78 is 15.7. The smallest absolute Gasteiger partial charge is 0.303 e. The van der Waals surface area contributed by atoms with Gasteiger partial charge in [-0.25, -0.2) is 0 Å². The minimum absolute atomic E-state index is 0. The monoisotopic (exact) mass is 627 g/mol. The predicted molar refractivity (Wildman–Crippen MR) is 201 cm³/mol. The van der Waals surface area contributed by atoms with Gasteiger partial charge in [-0.1, -0.05) is 156 Å². The normalized spacial score (nSPS) is 11.6. The van der Waals surface area contributed by atoms with Crippen LogP contribution in [0.15, 0.2) is 48.6 Å². The Morgan fingerprint density at radius 2 is 0.750 bits per heavy atom. The third-order valence-corrected chi connectivity index (χ3v) is 6.51. The molecule has 0 bridgehead atoms. The molecule has 0 fully saturated rings. The quantitative estimate of drug-likeness (QED) is 0.0669. The lowest BCUT2D eigenvalue weighted by atomic mass is 10.1. The highest BCUT2D eigenvalue weighted by Gasteiger charge is 1.96. The zero-order chi connectivity index (χ0) is 31.6. The summed E-state index contributed by atoms with van der Waals surface area (Å²) in [5, 5.41) is 17.0. The molecule has 0 unspecified atom stereocenters. The fourth-order valence-corrected chi connectivity index (χ4v) is 4.03. The van der Waals surface area contributed by atoms with Gasteiger partial charge in [0.15, 0.2) is 0 Å². The van der Waals surface area contributed by atoms with Crippen molar-refractivity contribution >= 4 is 11.9 Å². The number of allylic oxidation sites excluding steroid dienone is 8. The minimum Gasteiger partial charge on any atom is -0.481 e. The van der Waals surface area contributed by atoms with Gasteiger partial charge in [-0.3, -0.25) is 9.59 Å². The Labute approximate surface area is 280 Å². The van der Waals surface area contributed by atoms with E-state index < -0.39 is 18.3 Å². The van der Waals surface area contributed by atoms with Gasteiger partial charge >= 0.3 is 11.9 Å². The van der Waals surface area contributed by atoms with Gasteiger partial charge in [0.2, 0.25) is 0 Å². The van der Waals surface area contributed by atoms with Gasteiger partial charge in [0, 0.05) is 15.6 Å². The van der Waals surface area contributed by atoms with Crippen molar-refractivity contribution in [1.29, 1.82) is 0 Å². The number of carboxylic acid groups (broad SMARTS) is 2. The number of hydrogen-bond donors (Lipinski definition) is 2. The van der Waals surface area contributed by atoms with E-state index in [2.05, 4.69) is 38.2 Å². The van der Waals surface area contributed by atoms with Crippen LogP contribution in [0.2, 0.25) is 0 Å². The molecule has 0 atom stereocenters. The number of aliphatic carboxylic acids is 2. The van der Waals surface area contributed by atoms with Crippen molar-refractivity contribution in [3.8, 4) is 0 Å². The maximum atomic E-state index is 10.3. The topological polar surface area (TPSA) is 74.6 Å². The molecular formula is C40H80O4. The number of rotatable bonds is 28. The molecule has 44 heavy (non-hydrogen) atoms. The van der Waals surface area contributed by atoms with Gasteiger partial charge < -0.3 is 10.2 Å². The molecule has 0 aromatic rings. The molecule has 2 N–H and O–H groups in total. The van der Waals surface area contributed by atoms with Crippen LogP contribution < -0.4 is 0 Å². The molecule has 0 amide bonds. The Morgan fingerprint density at radius 1 is 0.455 bits per heavy atom. The lowest BCUT2D eigenvalue weighted by molar-refractivity contribution is -0.138. The number of unbranched alkanes of at least 4 members (excludes halogenated alkanes) is 16. The molecule has 0 aliphatic rings. The SMILES string of the molecule is C.C.C.C.CCCCC/C=C\C/C=C\CCCCCCCC(=O)O.[2H]C([2H])(/C=C\CCCCC)/C=C\CCCCCCCC(=O)O. The molecule has 0 heterocycles. The average molecular weight is 627 g/mol. The highest BCUT2D eigenvalue weighted by molar-refractivity contribution is 5.66. The lowest BCUT2D eigenvalue weighted by Gasteiger charge is -1.98. The number of carbonyl (C=O) groups is 2. The molecule has 0 aliphatic heterocycles. The van der Waals surface area contributed by atoms with Crippen LogP contribution in [0.4, 0.5) is 0 Å². The van der Waals surface area contributed by atoms with Crippen molar-refractivity contribution in [1.82, 2.24) is 0 Å². The van der Waals surface area contributed by atoms with Crippen molar-refractivity contribution in [2.24, 2.45) is 0 Å². The summed E-state index contributed by atoms with van der Waals surface area (Å²) >= 11 is 0. The third kappa shape index (κ3) is 59.3. The van der Waals surface area contributed by atoms with Crippen molar-refractivity contribution < 1.29 is 22.5 Å². The maximum absolute atomic E-state index is 10.3. The van der Waals surface area contributed by atoms with E-state index in [-0.39, 0.29) is 36.1 Å². The van der Waals surface area contributed by atoms with Gasteiger partial charge in [-0.2, -0.15) is 0 Å². The Hall–Kier alpha value is -2.10. The van der Waals surface area contributed by atoms with E-state index >= 15 is 0 Å². The van der Waals surface area contributed by atoms with Gasteiger partial charge in [-0.05, 0) is 77.0 Å². The lowest BCUT2D eigenvalue weighted by Crippen LogP contribution is -1.93. The van der Waals surface area contributed by atoms with Crippen LogP contribution in [0.3, 0.4) is 0 Å².